The second kappa shape index (κ2) is 11.2. The van der Waals surface area contributed by atoms with Gasteiger partial charge in [-0.1, -0.05) is 25.7 Å². The monoisotopic (exact) mass is 391 g/mol. The minimum Gasteiger partial charge on any atom is -0.356 e. The first-order valence-electron chi connectivity index (χ1n) is 11.9. The molecule has 0 spiro atoms. The van der Waals surface area contributed by atoms with Crippen molar-refractivity contribution in [2.45, 2.75) is 90.0 Å². The van der Waals surface area contributed by atoms with E-state index in [0.29, 0.717) is 24.3 Å². The summed E-state index contributed by atoms with van der Waals surface area (Å²) < 4.78 is 0. The van der Waals surface area contributed by atoms with E-state index in [-0.39, 0.29) is 11.8 Å². The number of hydrogen-bond donors (Lipinski definition) is 1. The average Bonchev–Trinajstić information content (AvgIpc) is 2.73. The highest BCUT2D eigenvalue weighted by Crippen LogP contribution is 2.28. The molecule has 160 valence electrons. The van der Waals surface area contributed by atoms with Crippen LogP contribution in [0.2, 0.25) is 0 Å². The predicted octanol–water partition coefficient (Wildman–Crippen LogP) is 3.58. The Morgan fingerprint density at radius 2 is 1.61 bits per heavy atom. The lowest BCUT2D eigenvalue weighted by atomic mass is 9.87. The van der Waals surface area contributed by atoms with Crippen LogP contribution < -0.4 is 5.32 Å². The zero-order chi connectivity index (χ0) is 19.8. The lowest BCUT2D eigenvalue weighted by Gasteiger charge is -2.35. The summed E-state index contributed by atoms with van der Waals surface area (Å²) in [7, 11) is 0. The maximum absolute atomic E-state index is 12.7. The van der Waals surface area contributed by atoms with Crippen LogP contribution in [0.15, 0.2) is 0 Å². The van der Waals surface area contributed by atoms with E-state index in [9.17, 15) is 9.59 Å². The van der Waals surface area contributed by atoms with Gasteiger partial charge in [0.2, 0.25) is 11.8 Å². The second-order valence-electron chi connectivity index (χ2n) is 9.39. The summed E-state index contributed by atoms with van der Waals surface area (Å²) in [6.07, 6.45) is 13.5. The van der Waals surface area contributed by atoms with Crippen molar-refractivity contribution in [2.24, 2.45) is 11.8 Å². The first-order valence-corrected chi connectivity index (χ1v) is 11.9. The fourth-order valence-corrected chi connectivity index (χ4v) is 5.30. The van der Waals surface area contributed by atoms with Gasteiger partial charge in [0.1, 0.15) is 0 Å². The van der Waals surface area contributed by atoms with Crippen molar-refractivity contribution < 1.29 is 9.59 Å². The van der Waals surface area contributed by atoms with Crippen LogP contribution in [0.1, 0.15) is 84.0 Å². The molecule has 1 saturated carbocycles. The maximum Gasteiger partial charge on any atom is 0.225 e. The van der Waals surface area contributed by atoms with Crippen molar-refractivity contribution in [3.8, 4) is 0 Å². The predicted molar refractivity (Wildman–Crippen MR) is 113 cm³/mol. The molecule has 1 N–H and O–H groups in total. The molecule has 1 aliphatic carbocycles. The van der Waals surface area contributed by atoms with Crippen molar-refractivity contribution in [1.82, 2.24) is 15.1 Å². The first kappa shape index (κ1) is 21.6. The third-order valence-corrected chi connectivity index (χ3v) is 7.24. The van der Waals surface area contributed by atoms with Gasteiger partial charge in [-0.25, -0.2) is 0 Å². The summed E-state index contributed by atoms with van der Waals surface area (Å²) in [5.41, 5.74) is 0. The van der Waals surface area contributed by atoms with Crippen LogP contribution >= 0.6 is 0 Å². The summed E-state index contributed by atoms with van der Waals surface area (Å²) in [6.45, 7) is 7.13. The summed E-state index contributed by atoms with van der Waals surface area (Å²) in [5, 5.41) is 3.12. The molecule has 2 amide bonds. The minimum atomic E-state index is 0.198. The number of nitrogens with zero attached hydrogens (tertiary/aromatic N) is 2. The fourth-order valence-electron chi connectivity index (χ4n) is 5.30. The molecule has 1 unspecified atom stereocenters. The molecule has 28 heavy (non-hydrogen) atoms. The van der Waals surface area contributed by atoms with Gasteiger partial charge in [-0.3, -0.25) is 9.59 Å². The smallest absolute Gasteiger partial charge is 0.225 e. The van der Waals surface area contributed by atoms with Crippen LogP contribution in [-0.2, 0) is 9.59 Å². The molecule has 2 heterocycles. The van der Waals surface area contributed by atoms with Crippen molar-refractivity contribution >= 4 is 11.8 Å². The topological polar surface area (TPSA) is 52.7 Å². The fraction of sp³-hybridized carbons (Fsp3) is 0.913. The normalized spacial score (nSPS) is 25.6. The molecule has 0 bridgehead atoms. The number of rotatable bonds is 7. The van der Waals surface area contributed by atoms with Gasteiger partial charge in [-0.05, 0) is 64.3 Å². The first-order chi connectivity index (χ1) is 13.6. The molecule has 0 aromatic heterocycles. The Morgan fingerprint density at radius 3 is 2.32 bits per heavy atom. The van der Waals surface area contributed by atoms with Crippen LogP contribution in [0, 0.1) is 11.8 Å². The van der Waals surface area contributed by atoms with E-state index >= 15 is 0 Å². The largest absolute Gasteiger partial charge is 0.356 e. The number of amides is 2. The Labute approximate surface area is 171 Å². The third-order valence-electron chi connectivity index (χ3n) is 7.24. The Balaban J connectivity index is 1.26. The molecule has 0 aromatic rings. The average molecular weight is 392 g/mol. The van der Waals surface area contributed by atoms with Gasteiger partial charge in [0.25, 0.3) is 0 Å². The van der Waals surface area contributed by atoms with Crippen LogP contribution in [0.25, 0.3) is 0 Å². The second-order valence-corrected chi connectivity index (χ2v) is 9.39. The lowest BCUT2D eigenvalue weighted by Crippen LogP contribution is -2.43. The summed E-state index contributed by atoms with van der Waals surface area (Å²) >= 11 is 0. The molecule has 2 saturated heterocycles. The molecule has 5 heteroatoms. The highest BCUT2D eigenvalue weighted by atomic mass is 16.2. The van der Waals surface area contributed by atoms with Crippen LogP contribution in [0.4, 0.5) is 0 Å². The van der Waals surface area contributed by atoms with Gasteiger partial charge in [-0.15, -0.1) is 0 Å². The highest BCUT2D eigenvalue weighted by molar-refractivity contribution is 5.79. The minimum absolute atomic E-state index is 0.198. The summed E-state index contributed by atoms with van der Waals surface area (Å²) in [5.74, 6) is 1.30. The van der Waals surface area contributed by atoms with Gasteiger partial charge in [0, 0.05) is 44.6 Å². The number of piperidine rings is 2. The van der Waals surface area contributed by atoms with E-state index in [2.05, 4.69) is 22.0 Å². The van der Waals surface area contributed by atoms with E-state index in [0.717, 1.165) is 58.3 Å². The Kier molecular flexibility index (Phi) is 8.63. The maximum atomic E-state index is 12.7. The number of nitrogens with one attached hydrogen (secondary N) is 1. The molecule has 0 radical (unpaired) electrons. The van der Waals surface area contributed by atoms with Crippen molar-refractivity contribution in [1.29, 1.82) is 0 Å². The molecule has 3 rings (SSSR count). The molecule has 3 aliphatic rings. The van der Waals surface area contributed by atoms with E-state index in [1.165, 1.54) is 45.1 Å². The van der Waals surface area contributed by atoms with Gasteiger partial charge in [-0.2, -0.15) is 0 Å². The summed E-state index contributed by atoms with van der Waals surface area (Å²) in [6, 6.07) is 0.700. The Hall–Kier alpha value is -1.10. The van der Waals surface area contributed by atoms with Crippen LogP contribution in [0.5, 0.6) is 0 Å². The molecular formula is C23H41N3O2. The van der Waals surface area contributed by atoms with Crippen molar-refractivity contribution in [2.75, 3.05) is 32.7 Å². The van der Waals surface area contributed by atoms with Gasteiger partial charge in [0.05, 0.1) is 0 Å². The summed E-state index contributed by atoms with van der Waals surface area (Å²) in [4.78, 5) is 29.6. The number of likely N-dealkylation sites (tertiary alicyclic amines) is 2. The van der Waals surface area contributed by atoms with E-state index < -0.39 is 0 Å². The molecular weight excluding hydrogens is 350 g/mol. The number of hydrogen-bond acceptors (Lipinski definition) is 3. The highest BCUT2D eigenvalue weighted by Gasteiger charge is 2.29. The number of carbonyl (C=O) groups excluding carboxylic acids is 2. The van der Waals surface area contributed by atoms with Crippen LogP contribution in [-0.4, -0.2) is 60.4 Å². The standard InChI is InChI=1S/C23H41N3O2/c1-19-8-5-6-14-25(19)15-7-13-24-22(27)18-20-11-16-26(17-12-20)23(28)21-9-3-2-4-10-21/h19-21H,2-18H2,1H3,(H,24,27). The van der Waals surface area contributed by atoms with Crippen molar-refractivity contribution in [3.63, 3.8) is 0 Å². The Bertz CT molecular complexity index is 496. The Morgan fingerprint density at radius 1 is 0.893 bits per heavy atom. The van der Waals surface area contributed by atoms with E-state index in [4.69, 9.17) is 0 Å². The van der Waals surface area contributed by atoms with Crippen molar-refractivity contribution in [3.05, 3.63) is 0 Å². The molecule has 2 aliphatic heterocycles. The van der Waals surface area contributed by atoms with Crippen LogP contribution in [0.3, 0.4) is 0 Å². The molecule has 3 fully saturated rings. The number of carbonyl (C=O) groups is 2. The molecule has 1 atom stereocenters. The zero-order valence-electron chi connectivity index (χ0n) is 18.0. The van der Waals surface area contributed by atoms with Gasteiger partial charge < -0.3 is 15.1 Å². The zero-order valence-corrected chi connectivity index (χ0v) is 18.0. The van der Waals surface area contributed by atoms with E-state index in [1.54, 1.807) is 0 Å². The lowest BCUT2D eigenvalue weighted by molar-refractivity contribution is -0.138. The molecule has 5 nitrogen and oxygen atoms in total. The van der Waals surface area contributed by atoms with Gasteiger partial charge >= 0.3 is 0 Å². The SMILES string of the molecule is CC1CCCCN1CCCNC(=O)CC1CCN(C(=O)C2CCCCC2)CC1. The van der Waals surface area contributed by atoms with Gasteiger partial charge in [0.15, 0.2) is 0 Å². The molecule has 0 aromatic carbocycles. The quantitative estimate of drug-likeness (QED) is 0.675. The van der Waals surface area contributed by atoms with E-state index in [1.807, 2.05) is 0 Å². The third kappa shape index (κ3) is 6.47.